The Morgan fingerprint density at radius 1 is 1.18 bits per heavy atom. The van der Waals surface area contributed by atoms with Gasteiger partial charge in [0, 0.05) is 17.4 Å². The normalized spacial score (nSPS) is 20.4. The Hall–Kier alpha value is -0.220. The van der Waals surface area contributed by atoms with Gasteiger partial charge in [-0.1, -0.05) is 61.1 Å². The molecule has 1 aromatic carbocycles. The maximum Gasteiger partial charge on any atom is 0.341 e. The zero-order valence-electron chi connectivity index (χ0n) is 9.79. The first kappa shape index (κ1) is 13.2. The number of aryl methyl sites for hydroxylation is 1. The molecular formula is C13H16F2S2. The molecule has 0 saturated carbocycles. The molecule has 1 aliphatic heterocycles. The lowest BCUT2D eigenvalue weighted by Crippen LogP contribution is -2.20. The molecule has 0 unspecified atom stereocenters. The van der Waals surface area contributed by atoms with Crippen molar-refractivity contribution in [2.75, 3.05) is 11.5 Å². The Morgan fingerprint density at radius 3 is 2.29 bits per heavy atom. The van der Waals surface area contributed by atoms with Crippen molar-refractivity contribution in [3.8, 4) is 0 Å². The Kier molecular flexibility index (Phi) is 4.36. The molecule has 1 fully saturated rings. The average molecular weight is 274 g/mol. The van der Waals surface area contributed by atoms with Crippen molar-refractivity contribution in [3.63, 3.8) is 0 Å². The van der Waals surface area contributed by atoms with E-state index >= 15 is 0 Å². The molecule has 0 amide bonds. The smallest absolute Gasteiger partial charge is 0.182 e. The third kappa shape index (κ3) is 3.62. The van der Waals surface area contributed by atoms with Gasteiger partial charge in [-0.2, -0.15) is 8.78 Å². The van der Waals surface area contributed by atoms with E-state index in [4.69, 9.17) is 0 Å². The quantitative estimate of drug-likeness (QED) is 0.780. The van der Waals surface area contributed by atoms with E-state index < -0.39 is 4.59 Å². The van der Waals surface area contributed by atoms with Crippen LogP contribution in [0.4, 0.5) is 8.78 Å². The molecule has 0 spiro atoms. The molecule has 17 heavy (non-hydrogen) atoms. The SMILES string of the molecule is CCCc1ccc(C2CSC(F)(F)SC2)cc1. The minimum atomic E-state index is -2.58. The molecule has 0 aromatic heterocycles. The van der Waals surface area contributed by atoms with E-state index in [9.17, 15) is 8.78 Å². The molecule has 0 nitrogen and oxygen atoms in total. The first-order valence-corrected chi connectivity index (χ1v) is 7.82. The summed E-state index contributed by atoms with van der Waals surface area (Å²) in [5, 5.41) is 0. The van der Waals surface area contributed by atoms with Crippen LogP contribution in [0.1, 0.15) is 30.4 Å². The van der Waals surface area contributed by atoms with E-state index in [0.29, 0.717) is 11.5 Å². The van der Waals surface area contributed by atoms with Crippen molar-refractivity contribution in [3.05, 3.63) is 35.4 Å². The van der Waals surface area contributed by atoms with Gasteiger partial charge in [0.25, 0.3) is 0 Å². The summed E-state index contributed by atoms with van der Waals surface area (Å²) in [7, 11) is 0. The topological polar surface area (TPSA) is 0 Å². The molecule has 4 heteroatoms. The summed E-state index contributed by atoms with van der Waals surface area (Å²) in [4.78, 5) is 0. The minimum Gasteiger partial charge on any atom is -0.182 e. The maximum atomic E-state index is 13.0. The molecule has 0 aliphatic carbocycles. The fourth-order valence-electron chi connectivity index (χ4n) is 1.92. The number of thioether (sulfide) groups is 2. The molecule has 2 rings (SSSR count). The molecule has 94 valence electrons. The Labute approximate surface area is 110 Å². The standard InChI is InChI=1S/C13H16F2S2/c1-2-3-10-4-6-11(7-5-10)12-8-16-13(14,15)17-9-12/h4-7,12H,2-3,8-9H2,1H3. The second-order valence-electron chi connectivity index (χ2n) is 4.27. The fraction of sp³-hybridized carbons (Fsp3) is 0.538. The zero-order chi connectivity index (χ0) is 12.3. The summed E-state index contributed by atoms with van der Waals surface area (Å²) in [6.45, 7) is 2.16. The Bertz CT molecular complexity index is 352. The van der Waals surface area contributed by atoms with E-state index in [1.807, 2.05) is 0 Å². The van der Waals surface area contributed by atoms with Gasteiger partial charge in [-0.05, 0) is 17.5 Å². The molecule has 1 aromatic rings. The van der Waals surface area contributed by atoms with E-state index in [1.165, 1.54) is 11.1 Å². The predicted octanol–water partition coefficient (Wildman–Crippen LogP) is 4.75. The minimum absolute atomic E-state index is 0.264. The number of halogens is 2. The second kappa shape index (κ2) is 5.61. The number of rotatable bonds is 3. The van der Waals surface area contributed by atoms with Gasteiger partial charge in [0.2, 0.25) is 0 Å². The van der Waals surface area contributed by atoms with Crippen LogP contribution in [-0.4, -0.2) is 16.1 Å². The fourth-order valence-corrected chi connectivity index (χ4v) is 4.22. The monoisotopic (exact) mass is 274 g/mol. The highest BCUT2D eigenvalue weighted by Crippen LogP contribution is 2.48. The summed E-state index contributed by atoms with van der Waals surface area (Å²) in [5.74, 6) is 1.31. The van der Waals surface area contributed by atoms with Crippen LogP contribution in [0.3, 0.4) is 0 Å². The van der Waals surface area contributed by atoms with Crippen LogP contribution in [0.15, 0.2) is 24.3 Å². The zero-order valence-corrected chi connectivity index (χ0v) is 11.4. The van der Waals surface area contributed by atoms with Crippen LogP contribution in [0.5, 0.6) is 0 Å². The highest BCUT2D eigenvalue weighted by atomic mass is 32.2. The lowest BCUT2D eigenvalue weighted by Gasteiger charge is -2.27. The molecule has 0 N–H and O–H groups in total. The summed E-state index contributed by atoms with van der Waals surface area (Å²) in [6, 6.07) is 8.45. The molecule has 0 radical (unpaired) electrons. The van der Waals surface area contributed by atoms with Crippen LogP contribution in [0, 0.1) is 0 Å². The maximum absolute atomic E-state index is 13.0. The van der Waals surface area contributed by atoms with Crippen molar-refractivity contribution < 1.29 is 8.78 Å². The van der Waals surface area contributed by atoms with Gasteiger partial charge in [0.05, 0.1) is 0 Å². The Balaban J connectivity index is 1.99. The van der Waals surface area contributed by atoms with Crippen molar-refractivity contribution >= 4 is 23.5 Å². The largest absolute Gasteiger partial charge is 0.341 e. The first-order chi connectivity index (χ1) is 8.11. The Morgan fingerprint density at radius 2 is 1.76 bits per heavy atom. The van der Waals surface area contributed by atoms with Crippen molar-refractivity contribution in [1.82, 2.24) is 0 Å². The highest BCUT2D eigenvalue weighted by Gasteiger charge is 2.37. The average Bonchev–Trinajstić information content (AvgIpc) is 2.31. The van der Waals surface area contributed by atoms with Gasteiger partial charge in [0.1, 0.15) is 0 Å². The number of hydrogen-bond donors (Lipinski definition) is 0. The van der Waals surface area contributed by atoms with Crippen molar-refractivity contribution in [1.29, 1.82) is 0 Å². The van der Waals surface area contributed by atoms with Gasteiger partial charge in [0.15, 0.2) is 0 Å². The highest BCUT2D eigenvalue weighted by molar-refractivity contribution is 8.18. The first-order valence-electron chi connectivity index (χ1n) is 5.85. The van der Waals surface area contributed by atoms with E-state index in [2.05, 4.69) is 31.2 Å². The van der Waals surface area contributed by atoms with Crippen LogP contribution >= 0.6 is 23.5 Å². The van der Waals surface area contributed by atoms with Crippen LogP contribution < -0.4 is 0 Å². The van der Waals surface area contributed by atoms with Crippen LogP contribution in [0.25, 0.3) is 0 Å². The van der Waals surface area contributed by atoms with E-state index in [-0.39, 0.29) is 5.92 Å². The molecular weight excluding hydrogens is 258 g/mol. The van der Waals surface area contributed by atoms with Crippen LogP contribution in [0.2, 0.25) is 0 Å². The molecule has 0 bridgehead atoms. The van der Waals surface area contributed by atoms with Crippen molar-refractivity contribution in [2.24, 2.45) is 0 Å². The molecule has 0 atom stereocenters. The summed E-state index contributed by atoms with van der Waals surface area (Å²) < 4.78 is 23.4. The predicted molar refractivity (Wildman–Crippen MR) is 73.0 cm³/mol. The number of alkyl halides is 2. The summed E-state index contributed by atoms with van der Waals surface area (Å²) >= 11 is 1.53. The molecule has 1 heterocycles. The van der Waals surface area contributed by atoms with E-state index in [1.54, 1.807) is 0 Å². The van der Waals surface area contributed by atoms with Crippen molar-refractivity contribution in [2.45, 2.75) is 30.3 Å². The lowest BCUT2D eigenvalue weighted by atomic mass is 10.00. The third-order valence-electron chi connectivity index (χ3n) is 2.89. The van der Waals surface area contributed by atoms with Gasteiger partial charge in [-0.25, -0.2) is 0 Å². The summed E-state index contributed by atoms with van der Waals surface area (Å²) in [6.07, 6.45) is 2.23. The van der Waals surface area contributed by atoms with Gasteiger partial charge >= 0.3 is 4.59 Å². The van der Waals surface area contributed by atoms with Gasteiger partial charge in [-0.15, -0.1) is 0 Å². The summed E-state index contributed by atoms with van der Waals surface area (Å²) in [5.41, 5.74) is 2.53. The second-order valence-corrected chi connectivity index (χ2v) is 6.80. The van der Waals surface area contributed by atoms with Gasteiger partial charge < -0.3 is 0 Å². The lowest BCUT2D eigenvalue weighted by molar-refractivity contribution is 0.210. The number of benzene rings is 1. The van der Waals surface area contributed by atoms with Crippen LogP contribution in [-0.2, 0) is 6.42 Å². The third-order valence-corrected chi connectivity index (χ3v) is 5.41. The number of hydrogen-bond acceptors (Lipinski definition) is 2. The molecule has 1 saturated heterocycles. The molecule has 1 aliphatic rings. The van der Waals surface area contributed by atoms with Gasteiger partial charge in [-0.3, -0.25) is 0 Å². The van der Waals surface area contributed by atoms with E-state index in [0.717, 1.165) is 36.4 Å².